The van der Waals surface area contributed by atoms with Gasteiger partial charge >= 0.3 is 5.97 Å². The smallest absolute Gasteiger partial charge is 0.311 e. The summed E-state index contributed by atoms with van der Waals surface area (Å²) >= 11 is 0. The molecule has 1 N–H and O–H groups in total. The van der Waals surface area contributed by atoms with Gasteiger partial charge in [-0.25, -0.2) is 0 Å². The van der Waals surface area contributed by atoms with Crippen molar-refractivity contribution in [3.63, 3.8) is 0 Å². The summed E-state index contributed by atoms with van der Waals surface area (Å²) in [5, 5.41) is 8.57. The Balaban J connectivity index is 2.06. The van der Waals surface area contributed by atoms with Gasteiger partial charge in [-0.2, -0.15) is 0 Å². The summed E-state index contributed by atoms with van der Waals surface area (Å²) in [6.07, 6.45) is 0.340. The van der Waals surface area contributed by atoms with Crippen molar-refractivity contribution in [2.75, 3.05) is 0 Å². The van der Waals surface area contributed by atoms with Crippen LogP contribution in [0.25, 0.3) is 0 Å². The van der Waals surface area contributed by atoms with Crippen molar-refractivity contribution >= 4 is 11.8 Å². The second kappa shape index (κ2) is 5.96. The Kier molecular flexibility index (Phi) is 4.08. The Labute approximate surface area is 111 Å². The van der Waals surface area contributed by atoms with Crippen LogP contribution < -0.4 is 0 Å². The van der Waals surface area contributed by atoms with E-state index in [0.717, 1.165) is 12.0 Å². The van der Waals surface area contributed by atoms with Crippen LogP contribution in [0.5, 0.6) is 0 Å². The fraction of sp³-hybridized carbons (Fsp3) is 0.125. The summed E-state index contributed by atoms with van der Waals surface area (Å²) in [7, 11) is 0. The van der Waals surface area contributed by atoms with Crippen molar-refractivity contribution < 1.29 is 14.7 Å². The second-order valence-corrected chi connectivity index (χ2v) is 4.35. The van der Waals surface area contributed by atoms with E-state index >= 15 is 0 Å². The third-order valence-corrected chi connectivity index (χ3v) is 2.84. The highest BCUT2D eigenvalue weighted by Crippen LogP contribution is 2.11. The number of aliphatic carboxylic acids is 1. The molecule has 0 unspecified atom stereocenters. The predicted octanol–water partition coefficient (Wildman–Crippen LogP) is 2.93. The van der Waals surface area contributed by atoms with Crippen LogP contribution in [0.4, 0.5) is 0 Å². The molecule has 3 nitrogen and oxygen atoms in total. The van der Waals surface area contributed by atoms with Gasteiger partial charge in [0.1, 0.15) is 6.42 Å². The number of carboxylic acids is 1. The summed E-state index contributed by atoms with van der Waals surface area (Å²) in [6.45, 7) is 0. The zero-order valence-electron chi connectivity index (χ0n) is 10.4. The van der Waals surface area contributed by atoms with Crippen molar-refractivity contribution in [3.05, 3.63) is 71.3 Å². The highest BCUT2D eigenvalue weighted by atomic mass is 16.4. The predicted molar refractivity (Wildman–Crippen MR) is 72.3 cm³/mol. The minimum absolute atomic E-state index is 0.362. The molecule has 0 spiro atoms. The molecule has 96 valence electrons. The molecule has 0 fully saturated rings. The van der Waals surface area contributed by atoms with Gasteiger partial charge < -0.3 is 5.11 Å². The van der Waals surface area contributed by atoms with Crippen molar-refractivity contribution in [1.82, 2.24) is 0 Å². The molecule has 0 radical (unpaired) electrons. The maximum Gasteiger partial charge on any atom is 0.311 e. The number of benzene rings is 2. The Morgan fingerprint density at radius 3 is 2.00 bits per heavy atom. The normalized spacial score (nSPS) is 10.1. The van der Waals surface area contributed by atoms with Crippen molar-refractivity contribution in [1.29, 1.82) is 0 Å². The first kappa shape index (κ1) is 13.0. The minimum Gasteiger partial charge on any atom is -0.481 e. The van der Waals surface area contributed by atoms with Gasteiger partial charge in [0.25, 0.3) is 0 Å². The molecule has 0 saturated carbocycles. The van der Waals surface area contributed by atoms with Gasteiger partial charge in [0.05, 0.1) is 0 Å². The monoisotopic (exact) mass is 254 g/mol. The molecule has 2 rings (SSSR count). The fourth-order valence-corrected chi connectivity index (χ4v) is 1.88. The molecule has 0 heterocycles. The van der Waals surface area contributed by atoms with E-state index < -0.39 is 12.4 Å². The first-order valence-corrected chi connectivity index (χ1v) is 6.03. The average molecular weight is 254 g/mol. The van der Waals surface area contributed by atoms with Crippen LogP contribution in [0.3, 0.4) is 0 Å². The molecular weight excluding hydrogens is 240 g/mol. The van der Waals surface area contributed by atoms with E-state index in [-0.39, 0.29) is 5.78 Å². The van der Waals surface area contributed by atoms with E-state index in [2.05, 4.69) is 0 Å². The minimum atomic E-state index is -1.10. The molecule has 0 amide bonds. The summed E-state index contributed by atoms with van der Waals surface area (Å²) in [5.41, 5.74) is 2.74. The van der Waals surface area contributed by atoms with E-state index in [0.29, 0.717) is 5.56 Å². The zero-order valence-corrected chi connectivity index (χ0v) is 10.4. The van der Waals surface area contributed by atoms with E-state index in [4.69, 9.17) is 5.11 Å². The van der Waals surface area contributed by atoms with E-state index in [1.54, 1.807) is 12.1 Å². The van der Waals surface area contributed by atoms with E-state index in [1.807, 2.05) is 42.5 Å². The van der Waals surface area contributed by atoms with Crippen LogP contribution in [-0.4, -0.2) is 16.9 Å². The van der Waals surface area contributed by atoms with E-state index in [1.165, 1.54) is 5.56 Å². The standard InChI is InChI=1S/C16H14O3/c17-15(11-16(18)19)14-8-6-13(7-9-14)10-12-4-2-1-3-5-12/h1-9H,10-11H2,(H,18,19). The third kappa shape index (κ3) is 3.78. The molecule has 0 atom stereocenters. The Bertz CT molecular complexity index is 571. The molecule has 0 aliphatic rings. The molecule has 2 aromatic rings. The maximum atomic E-state index is 11.5. The SMILES string of the molecule is O=C(O)CC(=O)c1ccc(Cc2ccccc2)cc1. The topological polar surface area (TPSA) is 54.4 Å². The van der Waals surface area contributed by atoms with Crippen LogP contribution in [0, 0.1) is 0 Å². The van der Waals surface area contributed by atoms with Gasteiger partial charge in [0, 0.05) is 5.56 Å². The number of ketones is 1. The van der Waals surface area contributed by atoms with Crippen LogP contribution in [0.2, 0.25) is 0 Å². The Hall–Kier alpha value is -2.42. The summed E-state index contributed by atoms with van der Waals surface area (Å²) in [5.74, 6) is -1.46. The highest BCUT2D eigenvalue weighted by molar-refractivity contribution is 6.05. The Morgan fingerprint density at radius 1 is 0.842 bits per heavy atom. The zero-order chi connectivity index (χ0) is 13.7. The lowest BCUT2D eigenvalue weighted by Gasteiger charge is -2.03. The second-order valence-electron chi connectivity index (χ2n) is 4.35. The van der Waals surface area contributed by atoms with Gasteiger partial charge in [-0.15, -0.1) is 0 Å². The summed E-state index contributed by atoms with van der Waals surface area (Å²) in [6, 6.07) is 17.1. The number of hydrogen-bond donors (Lipinski definition) is 1. The molecule has 3 heteroatoms. The lowest BCUT2D eigenvalue weighted by Crippen LogP contribution is -2.06. The number of carbonyl (C=O) groups excluding carboxylic acids is 1. The molecule has 0 saturated heterocycles. The number of hydrogen-bond acceptors (Lipinski definition) is 2. The number of rotatable bonds is 5. The van der Waals surface area contributed by atoms with Crippen molar-refractivity contribution in [2.45, 2.75) is 12.8 Å². The largest absolute Gasteiger partial charge is 0.481 e. The number of carboxylic acid groups (broad SMARTS) is 1. The summed E-state index contributed by atoms with van der Waals surface area (Å²) in [4.78, 5) is 22.0. The molecule has 0 aliphatic heterocycles. The molecular formula is C16H14O3. The third-order valence-electron chi connectivity index (χ3n) is 2.84. The lowest BCUT2D eigenvalue weighted by molar-refractivity contribution is -0.135. The van der Waals surface area contributed by atoms with Gasteiger partial charge in [0.15, 0.2) is 5.78 Å². The highest BCUT2D eigenvalue weighted by Gasteiger charge is 2.10. The molecule has 0 bridgehead atoms. The van der Waals surface area contributed by atoms with Crippen LogP contribution in [0.15, 0.2) is 54.6 Å². The molecule has 19 heavy (non-hydrogen) atoms. The summed E-state index contributed by atoms with van der Waals surface area (Å²) < 4.78 is 0. The van der Waals surface area contributed by atoms with Crippen molar-refractivity contribution in [2.24, 2.45) is 0 Å². The molecule has 0 aromatic heterocycles. The van der Waals surface area contributed by atoms with Crippen LogP contribution in [0.1, 0.15) is 27.9 Å². The van der Waals surface area contributed by atoms with Gasteiger partial charge in [-0.1, -0.05) is 54.6 Å². The van der Waals surface area contributed by atoms with Gasteiger partial charge in [0.2, 0.25) is 0 Å². The number of carbonyl (C=O) groups is 2. The molecule has 0 aliphatic carbocycles. The maximum absolute atomic E-state index is 11.5. The van der Waals surface area contributed by atoms with Crippen LogP contribution in [-0.2, 0) is 11.2 Å². The lowest BCUT2D eigenvalue weighted by atomic mass is 10.0. The van der Waals surface area contributed by atoms with E-state index in [9.17, 15) is 9.59 Å². The Morgan fingerprint density at radius 2 is 1.42 bits per heavy atom. The van der Waals surface area contributed by atoms with Crippen LogP contribution >= 0.6 is 0 Å². The van der Waals surface area contributed by atoms with Gasteiger partial charge in [-0.05, 0) is 17.5 Å². The number of Topliss-reactive ketones (excluding diaryl/α,β-unsaturated/α-hetero) is 1. The fourth-order valence-electron chi connectivity index (χ4n) is 1.88. The molecule has 2 aromatic carbocycles. The average Bonchev–Trinajstić information content (AvgIpc) is 2.40. The van der Waals surface area contributed by atoms with Gasteiger partial charge in [-0.3, -0.25) is 9.59 Å². The first-order valence-electron chi connectivity index (χ1n) is 6.03. The quantitative estimate of drug-likeness (QED) is 0.659. The van der Waals surface area contributed by atoms with Crippen molar-refractivity contribution in [3.8, 4) is 0 Å². The first-order chi connectivity index (χ1) is 9.15.